The normalized spacial score (nSPS) is 20.0. The van der Waals surface area contributed by atoms with E-state index < -0.39 is 0 Å². The summed E-state index contributed by atoms with van der Waals surface area (Å²) in [5.41, 5.74) is 2.22. The molecule has 4 nitrogen and oxygen atoms in total. The van der Waals surface area contributed by atoms with E-state index in [1.165, 1.54) is 12.7 Å². The van der Waals surface area contributed by atoms with E-state index in [-0.39, 0.29) is 18.0 Å². The van der Waals surface area contributed by atoms with Crippen molar-refractivity contribution in [1.82, 2.24) is 0 Å². The molecule has 1 fully saturated rings. The second-order valence-corrected chi connectivity index (χ2v) is 8.43. The first kappa shape index (κ1) is 23.6. The molecule has 0 amide bonds. The van der Waals surface area contributed by atoms with Crippen molar-refractivity contribution in [3.8, 4) is 0 Å². The maximum absolute atomic E-state index is 12.4. The van der Waals surface area contributed by atoms with Gasteiger partial charge in [0.25, 0.3) is 0 Å². The summed E-state index contributed by atoms with van der Waals surface area (Å²) in [5.74, 6) is 0.683. The Bertz CT molecular complexity index is 622. The molecule has 0 saturated heterocycles. The van der Waals surface area contributed by atoms with Crippen molar-refractivity contribution in [3.05, 3.63) is 35.4 Å². The van der Waals surface area contributed by atoms with E-state index in [1.54, 1.807) is 0 Å². The summed E-state index contributed by atoms with van der Waals surface area (Å²) in [6, 6.07) is 8.31. The molecular weight excluding hydrogens is 364 g/mol. The topological polar surface area (TPSA) is 63.6 Å². The minimum Gasteiger partial charge on any atom is -0.469 e. The molecule has 1 saturated carbocycles. The van der Waals surface area contributed by atoms with Crippen LogP contribution in [0.25, 0.3) is 0 Å². The van der Waals surface area contributed by atoms with E-state index in [4.69, 9.17) is 0 Å². The highest BCUT2D eigenvalue weighted by Gasteiger charge is 2.34. The lowest BCUT2D eigenvalue weighted by Gasteiger charge is -2.20. The summed E-state index contributed by atoms with van der Waals surface area (Å²) < 4.78 is 4.66. The first-order valence-corrected chi connectivity index (χ1v) is 11.4. The van der Waals surface area contributed by atoms with Gasteiger partial charge in [0, 0.05) is 18.8 Å². The standard InChI is InChI=1S/C25H38O4/c1-3-4-7-11-23(26)20-15-13-19(14-16-20)21-17-18-24(27)22(21)10-8-5-6-9-12-25(28)29-2/h13-16,21-23,26H,3-12,17-18H2,1-2H3/t21-,22-,23?/m0/s1. The van der Waals surface area contributed by atoms with E-state index in [2.05, 4.69) is 23.8 Å². The van der Waals surface area contributed by atoms with Crippen LogP contribution < -0.4 is 0 Å². The van der Waals surface area contributed by atoms with Gasteiger partial charge < -0.3 is 9.84 Å². The third-order valence-electron chi connectivity index (χ3n) is 6.31. The lowest BCUT2D eigenvalue weighted by atomic mass is 9.84. The number of carbonyl (C=O) groups excluding carboxylic acids is 2. The van der Waals surface area contributed by atoms with Gasteiger partial charge in [-0.15, -0.1) is 0 Å². The van der Waals surface area contributed by atoms with Crippen molar-refractivity contribution in [1.29, 1.82) is 0 Å². The van der Waals surface area contributed by atoms with Crippen molar-refractivity contribution >= 4 is 11.8 Å². The summed E-state index contributed by atoms with van der Waals surface area (Å²) in [7, 11) is 1.42. The molecule has 3 atom stereocenters. The van der Waals surface area contributed by atoms with Gasteiger partial charge >= 0.3 is 5.97 Å². The Morgan fingerprint density at radius 2 is 1.83 bits per heavy atom. The molecule has 0 spiro atoms. The van der Waals surface area contributed by atoms with Crippen molar-refractivity contribution in [2.75, 3.05) is 7.11 Å². The van der Waals surface area contributed by atoms with Gasteiger partial charge in [0.1, 0.15) is 5.78 Å². The molecule has 29 heavy (non-hydrogen) atoms. The molecule has 0 aromatic heterocycles. The highest BCUT2D eigenvalue weighted by atomic mass is 16.5. The number of methoxy groups -OCH3 is 1. The molecule has 1 aromatic rings. The SMILES string of the molecule is CCCCCC(O)c1ccc([C@@H]2CCC(=O)[C@H]2CCCCCCC(=O)OC)cc1. The van der Waals surface area contributed by atoms with Gasteiger partial charge in [0.05, 0.1) is 13.2 Å². The number of esters is 1. The smallest absolute Gasteiger partial charge is 0.305 e. The lowest BCUT2D eigenvalue weighted by Crippen LogP contribution is -2.13. The minimum absolute atomic E-state index is 0.121. The fourth-order valence-electron chi connectivity index (χ4n) is 4.48. The van der Waals surface area contributed by atoms with Gasteiger partial charge in [-0.2, -0.15) is 0 Å². The van der Waals surface area contributed by atoms with Crippen LogP contribution in [0.3, 0.4) is 0 Å². The van der Waals surface area contributed by atoms with Crippen LogP contribution in [0.2, 0.25) is 0 Å². The van der Waals surface area contributed by atoms with Crippen LogP contribution in [-0.2, 0) is 14.3 Å². The Labute approximate surface area is 176 Å². The van der Waals surface area contributed by atoms with Gasteiger partial charge in [-0.05, 0) is 42.7 Å². The third kappa shape index (κ3) is 7.58. The molecule has 0 radical (unpaired) electrons. The van der Waals surface area contributed by atoms with E-state index in [9.17, 15) is 14.7 Å². The van der Waals surface area contributed by atoms with E-state index in [1.807, 2.05) is 12.1 Å². The van der Waals surface area contributed by atoms with Crippen LogP contribution in [0.5, 0.6) is 0 Å². The van der Waals surface area contributed by atoms with Crippen LogP contribution >= 0.6 is 0 Å². The molecule has 1 aromatic carbocycles. The molecule has 162 valence electrons. The maximum atomic E-state index is 12.4. The number of aliphatic hydroxyl groups is 1. The van der Waals surface area contributed by atoms with E-state index in [0.29, 0.717) is 24.5 Å². The third-order valence-corrected chi connectivity index (χ3v) is 6.31. The second kappa shape index (κ2) is 12.8. The van der Waals surface area contributed by atoms with E-state index in [0.717, 1.165) is 69.8 Å². The number of rotatable bonds is 13. The zero-order valence-electron chi connectivity index (χ0n) is 18.2. The highest BCUT2D eigenvalue weighted by molar-refractivity contribution is 5.84. The van der Waals surface area contributed by atoms with Crippen LogP contribution in [0.15, 0.2) is 24.3 Å². The van der Waals surface area contributed by atoms with Crippen molar-refractivity contribution in [3.63, 3.8) is 0 Å². The number of aliphatic hydroxyl groups excluding tert-OH is 1. The minimum atomic E-state index is -0.387. The molecule has 0 heterocycles. The predicted molar refractivity (Wildman–Crippen MR) is 116 cm³/mol. The average Bonchev–Trinajstić information content (AvgIpc) is 3.10. The zero-order valence-corrected chi connectivity index (χ0v) is 18.2. The van der Waals surface area contributed by atoms with E-state index >= 15 is 0 Å². The molecule has 4 heteroatoms. The Kier molecular flexibility index (Phi) is 10.4. The van der Waals surface area contributed by atoms with Crippen LogP contribution in [-0.4, -0.2) is 24.0 Å². The number of hydrogen-bond donors (Lipinski definition) is 1. The maximum Gasteiger partial charge on any atom is 0.305 e. The monoisotopic (exact) mass is 402 g/mol. The Morgan fingerprint density at radius 1 is 1.10 bits per heavy atom. The Hall–Kier alpha value is -1.68. The summed E-state index contributed by atoms with van der Waals surface area (Å²) in [6.45, 7) is 2.17. The van der Waals surface area contributed by atoms with Crippen LogP contribution in [0.4, 0.5) is 0 Å². The van der Waals surface area contributed by atoms with Gasteiger partial charge in [-0.1, -0.05) is 69.7 Å². The predicted octanol–water partition coefficient (Wildman–Crippen LogP) is 5.88. The second-order valence-electron chi connectivity index (χ2n) is 8.43. The molecule has 1 aliphatic rings. The van der Waals surface area contributed by atoms with Gasteiger partial charge in [0.15, 0.2) is 0 Å². The first-order chi connectivity index (χ1) is 14.1. The van der Waals surface area contributed by atoms with Crippen molar-refractivity contribution in [2.45, 2.75) is 96.0 Å². The average molecular weight is 403 g/mol. The van der Waals surface area contributed by atoms with Gasteiger partial charge in [-0.3, -0.25) is 9.59 Å². The number of unbranched alkanes of at least 4 members (excludes halogenated alkanes) is 5. The van der Waals surface area contributed by atoms with Crippen molar-refractivity contribution in [2.24, 2.45) is 5.92 Å². The van der Waals surface area contributed by atoms with Gasteiger partial charge in [0.2, 0.25) is 0 Å². The molecule has 1 aliphatic carbocycles. The molecule has 0 aliphatic heterocycles. The fourth-order valence-corrected chi connectivity index (χ4v) is 4.48. The Balaban J connectivity index is 1.82. The number of hydrogen-bond acceptors (Lipinski definition) is 4. The molecular formula is C25H38O4. The summed E-state index contributed by atoms with van der Waals surface area (Å²) in [6.07, 6.45) is 10.8. The lowest BCUT2D eigenvalue weighted by molar-refractivity contribution is -0.140. The van der Waals surface area contributed by atoms with Crippen molar-refractivity contribution < 1.29 is 19.4 Å². The fraction of sp³-hybridized carbons (Fsp3) is 0.680. The largest absolute Gasteiger partial charge is 0.469 e. The molecule has 1 N–H and O–H groups in total. The van der Waals surface area contributed by atoms with Crippen LogP contribution in [0, 0.1) is 5.92 Å². The quantitative estimate of drug-likeness (QED) is 0.331. The van der Waals surface area contributed by atoms with Gasteiger partial charge in [-0.25, -0.2) is 0 Å². The number of ether oxygens (including phenoxy) is 1. The summed E-state index contributed by atoms with van der Waals surface area (Å²) in [4.78, 5) is 23.6. The Morgan fingerprint density at radius 3 is 2.52 bits per heavy atom. The first-order valence-electron chi connectivity index (χ1n) is 11.4. The number of Topliss-reactive ketones (excluding diaryl/α,β-unsaturated/α-hetero) is 1. The number of benzene rings is 1. The molecule has 1 unspecified atom stereocenters. The summed E-state index contributed by atoms with van der Waals surface area (Å²) in [5, 5.41) is 10.4. The molecule has 0 bridgehead atoms. The zero-order chi connectivity index (χ0) is 21.1. The van der Waals surface area contributed by atoms with Crippen LogP contribution in [0.1, 0.15) is 107 Å². The number of carbonyl (C=O) groups is 2. The summed E-state index contributed by atoms with van der Waals surface area (Å²) >= 11 is 0. The number of ketones is 1. The molecule has 2 rings (SSSR count). The highest BCUT2D eigenvalue weighted by Crippen LogP contribution is 2.40.